The Hall–Kier alpha value is -1.07. The van der Waals surface area contributed by atoms with E-state index in [4.69, 9.17) is 0 Å². The van der Waals surface area contributed by atoms with E-state index in [-0.39, 0.29) is 5.91 Å². The van der Waals surface area contributed by atoms with Crippen LogP contribution in [-0.2, 0) is 0 Å². The van der Waals surface area contributed by atoms with Crippen molar-refractivity contribution in [2.24, 2.45) is 0 Å². The van der Waals surface area contributed by atoms with Crippen molar-refractivity contribution < 1.29 is 4.79 Å². The standard InChI is InChI=1S/C15H14Br2N2O/c1-9-2-5-13(12(17)6-9)18-15(20)14-7-10(16)8-19(14)11-3-4-11/h2,5-8,11H,3-4H2,1H3,(H,18,20). The first-order valence-corrected chi connectivity index (χ1v) is 8.08. The van der Waals surface area contributed by atoms with Crippen LogP contribution in [0, 0.1) is 6.92 Å². The summed E-state index contributed by atoms with van der Waals surface area (Å²) in [5.74, 6) is -0.0767. The maximum Gasteiger partial charge on any atom is 0.272 e. The topological polar surface area (TPSA) is 34.0 Å². The molecule has 0 aliphatic heterocycles. The van der Waals surface area contributed by atoms with Gasteiger partial charge in [0.15, 0.2) is 0 Å². The molecule has 0 bridgehead atoms. The molecular weight excluding hydrogens is 384 g/mol. The Balaban J connectivity index is 1.86. The van der Waals surface area contributed by atoms with Crippen molar-refractivity contribution in [1.29, 1.82) is 0 Å². The fourth-order valence-corrected chi connectivity index (χ4v) is 3.22. The number of nitrogens with one attached hydrogen (secondary N) is 1. The number of carbonyl (C=O) groups excluding carboxylic acids is 1. The van der Waals surface area contributed by atoms with Gasteiger partial charge in [-0.05, 0) is 75.4 Å². The minimum Gasteiger partial charge on any atom is -0.339 e. The van der Waals surface area contributed by atoms with E-state index in [1.165, 1.54) is 0 Å². The number of amides is 1. The summed E-state index contributed by atoms with van der Waals surface area (Å²) in [6.45, 7) is 2.02. The molecule has 1 aromatic carbocycles. The third-order valence-electron chi connectivity index (χ3n) is 3.36. The van der Waals surface area contributed by atoms with Gasteiger partial charge in [0.25, 0.3) is 5.91 Å². The average molecular weight is 398 g/mol. The van der Waals surface area contributed by atoms with E-state index in [1.807, 2.05) is 37.4 Å². The second kappa shape index (κ2) is 5.37. The quantitative estimate of drug-likeness (QED) is 0.784. The molecular formula is C15H14Br2N2O. The van der Waals surface area contributed by atoms with Gasteiger partial charge in [0.05, 0.1) is 5.69 Å². The second-order valence-corrected chi connectivity index (χ2v) is 6.89. The molecule has 104 valence electrons. The first-order chi connectivity index (χ1) is 9.54. The maximum atomic E-state index is 12.4. The molecule has 0 radical (unpaired) electrons. The third-order valence-corrected chi connectivity index (χ3v) is 4.45. The molecule has 3 nitrogen and oxygen atoms in total. The Bertz CT molecular complexity index is 675. The molecule has 1 saturated carbocycles. The van der Waals surface area contributed by atoms with Gasteiger partial charge in [0.1, 0.15) is 5.69 Å². The number of aryl methyl sites for hydroxylation is 1. The van der Waals surface area contributed by atoms with Gasteiger partial charge in [-0.3, -0.25) is 4.79 Å². The van der Waals surface area contributed by atoms with Gasteiger partial charge in [0, 0.05) is 21.2 Å². The molecule has 1 aliphatic carbocycles. The number of halogens is 2. The zero-order valence-electron chi connectivity index (χ0n) is 11.0. The normalized spacial score (nSPS) is 14.3. The van der Waals surface area contributed by atoms with E-state index in [0.717, 1.165) is 33.0 Å². The Morgan fingerprint density at radius 3 is 2.70 bits per heavy atom. The van der Waals surface area contributed by atoms with Gasteiger partial charge >= 0.3 is 0 Å². The summed E-state index contributed by atoms with van der Waals surface area (Å²) < 4.78 is 3.90. The van der Waals surface area contributed by atoms with Gasteiger partial charge in [-0.2, -0.15) is 0 Å². The van der Waals surface area contributed by atoms with Crippen molar-refractivity contribution in [3.05, 3.63) is 50.7 Å². The van der Waals surface area contributed by atoms with Crippen molar-refractivity contribution in [1.82, 2.24) is 4.57 Å². The minimum absolute atomic E-state index is 0.0767. The smallest absolute Gasteiger partial charge is 0.272 e. The summed E-state index contributed by atoms with van der Waals surface area (Å²) in [7, 11) is 0. The molecule has 1 amide bonds. The lowest BCUT2D eigenvalue weighted by atomic mass is 10.2. The van der Waals surface area contributed by atoms with Gasteiger partial charge < -0.3 is 9.88 Å². The number of benzene rings is 1. The second-order valence-electron chi connectivity index (χ2n) is 5.12. The Morgan fingerprint density at radius 1 is 1.30 bits per heavy atom. The zero-order valence-corrected chi connectivity index (χ0v) is 14.2. The summed E-state index contributed by atoms with van der Waals surface area (Å²) in [6, 6.07) is 8.23. The van der Waals surface area contributed by atoms with Crippen molar-refractivity contribution in [3.8, 4) is 0 Å². The number of anilines is 1. The van der Waals surface area contributed by atoms with Crippen molar-refractivity contribution in [2.75, 3.05) is 5.32 Å². The zero-order chi connectivity index (χ0) is 14.3. The Labute approximate surface area is 134 Å². The summed E-state index contributed by atoms with van der Waals surface area (Å²) in [6.07, 6.45) is 4.28. The fourth-order valence-electron chi connectivity index (χ4n) is 2.19. The molecule has 20 heavy (non-hydrogen) atoms. The number of rotatable bonds is 3. The van der Waals surface area contributed by atoms with E-state index < -0.39 is 0 Å². The van der Waals surface area contributed by atoms with Crippen LogP contribution >= 0.6 is 31.9 Å². The Morgan fingerprint density at radius 2 is 2.05 bits per heavy atom. The third kappa shape index (κ3) is 2.83. The van der Waals surface area contributed by atoms with Crippen LogP contribution in [0.1, 0.15) is 34.9 Å². The summed E-state index contributed by atoms with van der Waals surface area (Å²) in [5, 5.41) is 2.96. The summed E-state index contributed by atoms with van der Waals surface area (Å²) in [4.78, 5) is 12.4. The highest BCUT2D eigenvalue weighted by Crippen LogP contribution is 2.37. The largest absolute Gasteiger partial charge is 0.339 e. The first kappa shape index (κ1) is 13.9. The van der Waals surface area contributed by atoms with Gasteiger partial charge in [-0.25, -0.2) is 0 Å². The fraction of sp³-hybridized carbons (Fsp3) is 0.267. The Kier molecular flexibility index (Phi) is 3.73. The van der Waals surface area contributed by atoms with Crippen LogP contribution in [0.3, 0.4) is 0 Å². The predicted molar refractivity (Wildman–Crippen MR) is 87.2 cm³/mol. The molecule has 0 atom stereocenters. The van der Waals surface area contributed by atoms with Crippen LogP contribution in [0.2, 0.25) is 0 Å². The van der Waals surface area contributed by atoms with Crippen molar-refractivity contribution in [2.45, 2.75) is 25.8 Å². The molecule has 0 saturated heterocycles. The molecule has 1 fully saturated rings. The molecule has 2 aromatic rings. The highest BCUT2D eigenvalue weighted by Gasteiger charge is 2.27. The molecule has 1 aromatic heterocycles. The van der Waals surface area contributed by atoms with E-state index in [0.29, 0.717) is 11.7 Å². The predicted octanol–water partition coefficient (Wildman–Crippen LogP) is 4.91. The number of hydrogen-bond acceptors (Lipinski definition) is 1. The molecule has 0 unspecified atom stereocenters. The summed E-state index contributed by atoms with van der Waals surface area (Å²) in [5.41, 5.74) is 2.64. The van der Waals surface area contributed by atoms with Gasteiger partial charge in [-0.15, -0.1) is 0 Å². The lowest BCUT2D eigenvalue weighted by molar-refractivity contribution is 0.101. The molecule has 1 aliphatic rings. The van der Waals surface area contributed by atoms with Crippen LogP contribution in [-0.4, -0.2) is 10.5 Å². The van der Waals surface area contributed by atoms with Crippen LogP contribution in [0.15, 0.2) is 39.4 Å². The maximum absolute atomic E-state index is 12.4. The van der Waals surface area contributed by atoms with Crippen LogP contribution < -0.4 is 5.32 Å². The number of aromatic nitrogens is 1. The molecule has 5 heteroatoms. The van der Waals surface area contributed by atoms with Crippen LogP contribution in [0.25, 0.3) is 0 Å². The van der Waals surface area contributed by atoms with E-state index in [9.17, 15) is 4.79 Å². The number of hydrogen-bond donors (Lipinski definition) is 1. The van der Waals surface area contributed by atoms with Crippen LogP contribution in [0.5, 0.6) is 0 Å². The van der Waals surface area contributed by atoms with Gasteiger partial charge in [0.2, 0.25) is 0 Å². The SMILES string of the molecule is Cc1ccc(NC(=O)c2cc(Br)cn2C2CC2)c(Br)c1. The molecule has 1 heterocycles. The van der Waals surface area contributed by atoms with E-state index in [1.54, 1.807) is 0 Å². The summed E-state index contributed by atoms with van der Waals surface area (Å²) >= 11 is 6.93. The van der Waals surface area contributed by atoms with E-state index in [2.05, 4.69) is 41.7 Å². The molecule has 0 spiro atoms. The molecule has 3 rings (SSSR count). The van der Waals surface area contributed by atoms with Crippen LogP contribution in [0.4, 0.5) is 5.69 Å². The highest BCUT2D eigenvalue weighted by molar-refractivity contribution is 9.10. The minimum atomic E-state index is -0.0767. The lowest BCUT2D eigenvalue weighted by Gasteiger charge is -2.10. The number of carbonyl (C=O) groups is 1. The van der Waals surface area contributed by atoms with Gasteiger partial charge in [-0.1, -0.05) is 6.07 Å². The van der Waals surface area contributed by atoms with E-state index >= 15 is 0 Å². The highest BCUT2D eigenvalue weighted by atomic mass is 79.9. The van der Waals surface area contributed by atoms with Crippen molar-refractivity contribution in [3.63, 3.8) is 0 Å². The first-order valence-electron chi connectivity index (χ1n) is 6.49. The average Bonchev–Trinajstić information content (AvgIpc) is 3.16. The lowest BCUT2D eigenvalue weighted by Crippen LogP contribution is -2.16. The number of nitrogens with zero attached hydrogens (tertiary/aromatic N) is 1. The van der Waals surface area contributed by atoms with Crippen molar-refractivity contribution >= 4 is 43.5 Å². The molecule has 1 N–H and O–H groups in total. The monoisotopic (exact) mass is 396 g/mol.